The monoisotopic (exact) mass is 207 g/mol. The van der Waals surface area contributed by atoms with E-state index in [1.807, 2.05) is 0 Å². The molecule has 0 aromatic heterocycles. The minimum atomic E-state index is -2.64. The van der Waals surface area contributed by atoms with Gasteiger partial charge in [-0.1, -0.05) is 0 Å². The fraction of sp³-hybridized carbons (Fsp3) is 1.00. The first kappa shape index (κ1) is 10.9. The Morgan fingerprint density at radius 1 is 1.31 bits per heavy atom. The Labute approximate surface area is 79.4 Å². The number of hydrogen-bond donors (Lipinski definition) is 1. The van der Waals surface area contributed by atoms with E-state index >= 15 is 0 Å². The van der Waals surface area contributed by atoms with E-state index in [9.17, 15) is 8.42 Å². The Morgan fingerprint density at radius 2 is 2.00 bits per heavy atom. The molecule has 0 aliphatic carbocycles. The van der Waals surface area contributed by atoms with Gasteiger partial charge in [0.05, 0.1) is 18.1 Å². The average molecular weight is 207 g/mol. The van der Waals surface area contributed by atoms with Crippen molar-refractivity contribution in [1.82, 2.24) is 0 Å². The Hall–Kier alpha value is -0.130. The van der Waals surface area contributed by atoms with Gasteiger partial charge in [0.2, 0.25) is 0 Å². The lowest BCUT2D eigenvalue weighted by atomic mass is 10.1. The maximum absolute atomic E-state index is 10.8. The van der Waals surface area contributed by atoms with Crippen LogP contribution in [0, 0.1) is 5.92 Å². The molecule has 1 saturated heterocycles. The maximum Gasteiger partial charge on any atom is 0.150 e. The molecule has 0 bridgehead atoms. The summed E-state index contributed by atoms with van der Waals surface area (Å²) in [6.45, 7) is 1.86. The minimum absolute atomic E-state index is 0.379. The zero-order valence-electron chi connectivity index (χ0n) is 7.74. The van der Waals surface area contributed by atoms with Crippen LogP contribution in [0.25, 0.3) is 0 Å². The van der Waals surface area contributed by atoms with Crippen LogP contribution in [-0.4, -0.2) is 39.7 Å². The molecule has 0 saturated carbocycles. The van der Waals surface area contributed by atoms with Gasteiger partial charge < -0.3 is 10.5 Å². The third-order valence-corrected chi connectivity index (χ3v) is 4.10. The van der Waals surface area contributed by atoms with Gasteiger partial charge in [-0.25, -0.2) is 8.42 Å². The minimum Gasteiger partial charge on any atom is -0.380 e. The number of rotatable bonds is 6. The van der Waals surface area contributed by atoms with Crippen LogP contribution in [-0.2, 0) is 14.6 Å². The van der Waals surface area contributed by atoms with Gasteiger partial charge in [-0.15, -0.1) is 0 Å². The Morgan fingerprint density at radius 3 is 2.54 bits per heavy atom. The van der Waals surface area contributed by atoms with Crippen LogP contribution in [0.15, 0.2) is 0 Å². The summed E-state index contributed by atoms with van der Waals surface area (Å²) < 4.78 is 26.7. The third kappa shape index (κ3) is 4.06. The highest BCUT2D eigenvalue weighted by Gasteiger charge is 2.32. The summed E-state index contributed by atoms with van der Waals surface area (Å²) in [5.41, 5.74) is 5.24. The van der Waals surface area contributed by atoms with Crippen LogP contribution >= 0.6 is 0 Å². The van der Waals surface area contributed by atoms with E-state index in [0.29, 0.717) is 37.2 Å². The normalized spacial score (nSPS) is 21.3. The van der Waals surface area contributed by atoms with Crippen LogP contribution in [0.5, 0.6) is 0 Å². The van der Waals surface area contributed by atoms with E-state index in [2.05, 4.69) is 0 Å². The molecule has 1 aliphatic heterocycles. The Balaban J connectivity index is 1.91. The van der Waals surface area contributed by atoms with Crippen LogP contribution in [0.1, 0.15) is 12.8 Å². The second kappa shape index (κ2) is 4.93. The highest BCUT2D eigenvalue weighted by molar-refractivity contribution is 7.92. The van der Waals surface area contributed by atoms with E-state index in [0.717, 1.165) is 12.8 Å². The highest BCUT2D eigenvalue weighted by atomic mass is 32.2. The molecule has 13 heavy (non-hydrogen) atoms. The Kier molecular flexibility index (Phi) is 4.15. The van der Waals surface area contributed by atoms with Gasteiger partial charge in [0, 0.05) is 13.2 Å². The van der Waals surface area contributed by atoms with E-state index in [1.54, 1.807) is 0 Å². The molecule has 0 radical (unpaired) electrons. The first-order chi connectivity index (χ1) is 6.14. The maximum atomic E-state index is 10.8. The quantitative estimate of drug-likeness (QED) is 0.612. The van der Waals surface area contributed by atoms with Crippen LogP contribution in [0.3, 0.4) is 0 Å². The average Bonchev–Trinajstić information content (AvgIpc) is 2.00. The first-order valence-corrected chi connectivity index (χ1v) is 6.44. The topological polar surface area (TPSA) is 69.4 Å². The lowest BCUT2D eigenvalue weighted by Crippen LogP contribution is -2.36. The van der Waals surface area contributed by atoms with Gasteiger partial charge in [-0.3, -0.25) is 0 Å². The van der Waals surface area contributed by atoms with Gasteiger partial charge in [0.15, 0.2) is 9.84 Å². The van der Waals surface area contributed by atoms with Crippen LogP contribution in [0.2, 0.25) is 0 Å². The lowest BCUT2D eigenvalue weighted by Gasteiger charge is -2.25. The molecule has 1 heterocycles. The molecule has 0 amide bonds. The number of nitrogens with two attached hydrogens (primary N) is 1. The summed E-state index contributed by atoms with van der Waals surface area (Å²) >= 11 is 0. The summed E-state index contributed by atoms with van der Waals surface area (Å²) in [5, 5.41) is 0. The molecule has 0 unspecified atom stereocenters. The van der Waals surface area contributed by atoms with Crippen molar-refractivity contribution < 1.29 is 13.2 Å². The standard InChI is InChI=1S/C8H17NO3S/c9-3-5-12-4-1-2-8-6-13(10,11)7-8/h8H,1-7,9H2. The van der Waals surface area contributed by atoms with E-state index in [1.165, 1.54) is 0 Å². The Bertz CT molecular complexity index is 226. The molecular weight excluding hydrogens is 190 g/mol. The largest absolute Gasteiger partial charge is 0.380 e. The molecular formula is C8H17NO3S. The second-order valence-corrected chi connectivity index (χ2v) is 5.64. The van der Waals surface area contributed by atoms with Gasteiger partial charge in [0.25, 0.3) is 0 Å². The van der Waals surface area contributed by atoms with Gasteiger partial charge >= 0.3 is 0 Å². The van der Waals surface area contributed by atoms with Crippen molar-refractivity contribution in [3.8, 4) is 0 Å². The molecule has 0 aromatic carbocycles. The number of sulfone groups is 1. The van der Waals surface area contributed by atoms with Gasteiger partial charge in [-0.05, 0) is 18.8 Å². The zero-order valence-corrected chi connectivity index (χ0v) is 8.55. The molecule has 5 heteroatoms. The summed E-state index contributed by atoms with van der Waals surface area (Å²) in [6.07, 6.45) is 1.91. The van der Waals surface area contributed by atoms with Crippen molar-refractivity contribution in [3.63, 3.8) is 0 Å². The molecule has 2 N–H and O–H groups in total. The second-order valence-electron chi connectivity index (χ2n) is 3.49. The lowest BCUT2D eigenvalue weighted by molar-refractivity contribution is 0.134. The first-order valence-electron chi connectivity index (χ1n) is 4.62. The van der Waals surface area contributed by atoms with Crippen molar-refractivity contribution in [3.05, 3.63) is 0 Å². The molecule has 4 nitrogen and oxygen atoms in total. The summed E-state index contributed by atoms with van der Waals surface area (Å²) in [7, 11) is -2.64. The summed E-state index contributed by atoms with van der Waals surface area (Å²) in [6, 6.07) is 0. The van der Waals surface area contributed by atoms with Gasteiger partial charge in [-0.2, -0.15) is 0 Å². The van der Waals surface area contributed by atoms with E-state index in [-0.39, 0.29) is 0 Å². The molecule has 1 aliphatic rings. The molecule has 78 valence electrons. The van der Waals surface area contributed by atoms with E-state index < -0.39 is 9.84 Å². The van der Waals surface area contributed by atoms with Crippen molar-refractivity contribution in [2.24, 2.45) is 11.7 Å². The van der Waals surface area contributed by atoms with Crippen molar-refractivity contribution in [1.29, 1.82) is 0 Å². The van der Waals surface area contributed by atoms with E-state index in [4.69, 9.17) is 10.5 Å². The zero-order chi connectivity index (χ0) is 9.73. The predicted octanol–water partition coefficient (Wildman–Crippen LogP) is -0.214. The molecule has 0 atom stereocenters. The molecule has 0 spiro atoms. The fourth-order valence-electron chi connectivity index (χ4n) is 1.50. The van der Waals surface area contributed by atoms with Gasteiger partial charge in [0.1, 0.15) is 0 Å². The van der Waals surface area contributed by atoms with Crippen LogP contribution in [0.4, 0.5) is 0 Å². The van der Waals surface area contributed by atoms with Crippen LogP contribution < -0.4 is 5.73 Å². The predicted molar refractivity (Wildman–Crippen MR) is 51.3 cm³/mol. The number of hydrogen-bond acceptors (Lipinski definition) is 4. The summed E-state index contributed by atoms with van der Waals surface area (Å²) in [5.74, 6) is 1.14. The molecule has 1 fully saturated rings. The SMILES string of the molecule is NCCOCCCC1CS(=O)(=O)C1. The smallest absolute Gasteiger partial charge is 0.150 e. The third-order valence-electron chi connectivity index (χ3n) is 2.14. The number of ether oxygens (including phenoxy) is 1. The summed E-state index contributed by atoms with van der Waals surface area (Å²) in [4.78, 5) is 0. The van der Waals surface area contributed by atoms with Crippen molar-refractivity contribution in [2.45, 2.75) is 12.8 Å². The van der Waals surface area contributed by atoms with Crippen molar-refractivity contribution in [2.75, 3.05) is 31.3 Å². The molecule has 0 aromatic rings. The fourth-order valence-corrected chi connectivity index (χ4v) is 3.17. The highest BCUT2D eigenvalue weighted by Crippen LogP contribution is 2.22. The van der Waals surface area contributed by atoms with Crippen molar-refractivity contribution >= 4 is 9.84 Å². The molecule has 1 rings (SSSR count).